The average molecular weight is 761 g/mol. The molecule has 6 aromatic rings. The molecule has 6 aromatic carbocycles. The predicted molar refractivity (Wildman–Crippen MR) is 233 cm³/mol. The van der Waals surface area contributed by atoms with Crippen molar-refractivity contribution in [1.29, 1.82) is 0 Å². The Bertz CT molecular complexity index is 2020. The Hall–Kier alpha value is -3.82. The van der Waals surface area contributed by atoms with Crippen LogP contribution in [0.1, 0.15) is 77.9 Å². The summed E-state index contributed by atoms with van der Waals surface area (Å²) < 4.78 is 1.53. The minimum atomic E-state index is -0.322. The molecular weight excluding hydrogens is 706 g/mol. The molecule has 264 valence electrons. The van der Waals surface area contributed by atoms with Crippen molar-refractivity contribution in [3.05, 3.63) is 151 Å². The fourth-order valence-electron chi connectivity index (χ4n) is 9.05. The number of benzene rings is 6. The second-order valence-corrected chi connectivity index (χ2v) is 20.0. The van der Waals surface area contributed by atoms with Crippen LogP contribution in [0.5, 0.6) is 0 Å². The van der Waals surface area contributed by atoms with Crippen molar-refractivity contribution in [3.8, 4) is 44.5 Å². The first-order valence-electron chi connectivity index (χ1n) is 18.6. The SMILES string of the molecule is Cc1cc(C)c(-c2cc(C)cc(-c3c(C)cc(C)cc3C)c2P=[As]c2c(-c3c(C)cc(C)cc3C)cc(C)cc2-c2c(C)cc(C)cc2C)c(C)c1. The molecule has 0 aliphatic heterocycles. The zero-order valence-electron chi connectivity index (χ0n) is 33.8. The van der Waals surface area contributed by atoms with Gasteiger partial charge in [0.1, 0.15) is 0 Å². The van der Waals surface area contributed by atoms with Crippen molar-refractivity contribution in [1.82, 2.24) is 0 Å². The van der Waals surface area contributed by atoms with Crippen molar-refractivity contribution in [2.75, 3.05) is 0 Å². The molecule has 0 aliphatic carbocycles. The third-order valence-corrected chi connectivity index (χ3v) is 15.7. The van der Waals surface area contributed by atoms with Gasteiger partial charge in [0, 0.05) is 0 Å². The molecule has 0 saturated heterocycles. The molecule has 0 nitrogen and oxygen atoms in total. The molecule has 0 radical (unpaired) electrons. The quantitative estimate of drug-likeness (QED) is 0.117. The zero-order valence-corrected chi connectivity index (χ0v) is 36.6. The number of rotatable bonds is 6. The van der Waals surface area contributed by atoms with Gasteiger partial charge in [0.05, 0.1) is 0 Å². The Balaban J connectivity index is 1.77. The van der Waals surface area contributed by atoms with Crippen LogP contribution in [-0.2, 0) is 0 Å². The van der Waals surface area contributed by atoms with E-state index in [9.17, 15) is 0 Å². The Morgan fingerprint density at radius 3 is 0.769 bits per heavy atom. The molecular formula is C50H54AsP. The summed E-state index contributed by atoms with van der Waals surface area (Å²) >= 11 is -0.322. The predicted octanol–water partition coefficient (Wildman–Crippen LogP) is 13.2. The van der Waals surface area contributed by atoms with Crippen molar-refractivity contribution in [2.24, 2.45) is 0 Å². The van der Waals surface area contributed by atoms with E-state index < -0.39 is 0 Å². The normalized spacial score (nSPS) is 11.6. The van der Waals surface area contributed by atoms with Crippen LogP contribution in [0.2, 0.25) is 0 Å². The molecule has 0 bridgehead atoms. The second kappa shape index (κ2) is 14.9. The third kappa shape index (κ3) is 7.36. The molecule has 0 amide bonds. The summed E-state index contributed by atoms with van der Waals surface area (Å²) in [7, 11) is 0. The van der Waals surface area contributed by atoms with E-state index in [4.69, 9.17) is 0 Å². The zero-order chi connectivity index (χ0) is 37.8. The molecule has 0 spiro atoms. The van der Waals surface area contributed by atoms with E-state index in [0.29, 0.717) is 0 Å². The van der Waals surface area contributed by atoms with Crippen LogP contribution in [0.25, 0.3) is 44.5 Å². The molecule has 0 unspecified atom stereocenters. The van der Waals surface area contributed by atoms with Crippen LogP contribution in [0.15, 0.2) is 72.8 Å². The molecule has 0 aliphatic rings. The molecule has 0 heterocycles. The van der Waals surface area contributed by atoms with E-state index in [1.165, 1.54) is 139 Å². The van der Waals surface area contributed by atoms with Crippen LogP contribution in [0, 0.1) is 96.9 Å². The summed E-state index contributed by atoms with van der Waals surface area (Å²) in [5, 5.41) is 1.46. The van der Waals surface area contributed by atoms with Crippen LogP contribution < -0.4 is 9.66 Å². The summed E-state index contributed by atoms with van der Waals surface area (Å²) in [6.45, 7) is 33.3. The molecule has 0 saturated carbocycles. The fourth-order valence-corrected chi connectivity index (χ4v) is 14.7. The monoisotopic (exact) mass is 760 g/mol. The van der Waals surface area contributed by atoms with Gasteiger partial charge < -0.3 is 0 Å². The van der Waals surface area contributed by atoms with Gasteiger partial charge in [0.25, 0.3) is 0 Å². The summed E-state index contributed by atoms with van der Waals surface area (Å²) in [5.74, 6) is 0. The van der Waals surface area contributed by atoms with Gasteiger partial charge in [-0.25, -0.2) is 0 Å². The molecule has 0 aromatic heterocycles. The van der Waals surface area contributed by atoms with E-state index in [-0.39, 0.29) is 14.8 Å². The Morgan fingerprint density at radius 2 is 0.500 bits per heavy atom. The van der Waals surface area contributed by atoms with Crippen molar-refractivity contribution >= 4 is 31.2 Å². The van der Waals surface area contributed by atoms with E-state index >= 15 is 0 Å². The van der Waals surface area contributed by atoms with Crippen molar-refractivity contribution in [3.63, 3.8) is 0 Å². The number of aryl methyl sites for hydroxylation is 14. The molecule has 52 heavy (non-hydrogen) atoms. The molecule has 6 rings (SSSR count). The first-order valence-corrected chi connectivity index (χ1v) is 22.9. The minimum absolute atomic E-state index is 0.322. The van der Waals surface area contributed by atoms with Crippen LogP contribution in [0.4, 0.5) is 0 Å². The molecule has 2 heteroatoms. The van der Waals surface area contributed by atoms with E-state index in [0.717, 1.165) is 0 Å². The van der Waals surface area contributed by atoms with Gasteiger partial charge >= 0.3 is 323 Å². The Labute approximate surface area is 321 Å². The maximum atomic E-state index is 2.48. The Morgan fingerprint density at radius 1 is 0.288 bits per heavy atom. The summed E-state index contributed by atoms with van der Waals surface area (Å²) in [6.07, 6.45) is 0. The van der Waals surface area contributed by atoms with Gasteiger partial charge in [-0.2, -0.15) is 0 Å². The standard InChI is InChI=1S/C50H54AsP/c1-27-15-33(7)45(34(8)16-27)41-23-31(5)24-42(46-35(9)17-28(2)18-36(46)10)49(41)51-52-50-43(47-37(11)19-29(3)20-38(47)12)25-32(6)26-44(50)48-39(13)21-30(4)22-40(48)14/h15-26H,1-14H3. The number of hydrogen-bond donors (Lipinski definition) is 0. The summed E-state index contributed by atoms with van der Waals surface area (Å²) in [5.41, 5.74) is 30.0. The third-order valence-electron chi connectivity index (χ3n) is 10.5. The molecule has 0 atom stereocenters. The van der Waals surface area contributed by atoms with Gasteiger partial charge in [0.15, 0.2) is 0 Å². The van der Waals surface area contributed by atoms with Gasteiger partial charge in [0.2, 0.25) is 0 Å². The molecule has 0 fully saturated rings. The Kier molecular flexibility index (Phi) is 10.9. The van der Waals surface area contributed by atoms with E-state index in [2.05, 4.69) is 170 Å². The fraction of sp³-hybridized carbons (Fsp3) is 0.280. The number of hydrogen-bond acceptors (Lipinski definition) is 0. The van der Waals surface area contributed by atoms with Gasteiger partial charge in [-0.1, -0.05) is 0 Å². The van der Waals surface area contributed by atoms with Gasteiger partial charge in [-0.3, -0.25) is 0 Å². The summed E-state index contributed by atoms with van der Waals surface area (Å²) in [4.78, 5) is 0. The van der Waals surface area contributed by atoms with E-state index in [1.54, 1.807) is 0 Å². The maximum absolute atomic E-state index is 2.48. The van der Waals surface area contributed by atoms with E-state index in [1.807, 2.05) is 0 Å². The average Bonchev–Trinajstić information content (AvgIpc) is 2.99. The van der Waals surface area contributed by atoms with Crippen LogP contribution in [0.3, 0.4) is 0 Å². The van der Waals surface area contributed by atoms with Gasteiger partial charge in [-0.05, 0) is 0 Å². The topological polar surface area (TPSA) is 0 Å². The van der Waals surface area contributed by atoms with Crippen molar-refractivity contribution < 1.29 is 0 Å². The first-order chi connectivity index (χ1) is 24.5. The van der Waals surface area contributed by atoms with Crippen LogP contribution >= 0.6 is 6.69 Å². The van der Waals surface area contributed by atoms with Gasteiger partial charge in [-0.15, -0.1) is 0 Å². The summed E-state index contributed by atoms with van der Waals surface area (Å²) in [6, 6.07) is 28.8. The molecule has 0 N–H and O–H groups in total. The first kappa shape index (κ1) is 37.9. The van der Waals surface area contributed by atoms with Crippen LogP contribution in [-0.4, -0.2) is 14.8 Å². The second-order valence-electron chi connectivity index (χ2n) is 15.7. The van der Waals surface area contributed by atoms with Crippen molar-refractivity contribution in [2.45, 2.75) is 96.9 Å².